The number of ether oxygens (including phenoxy) is 1. The van der Waals surface area contributed by atoms with Gasteiger partial charge in [0.1, 0.15) is 5.75 Å². The van der Waals surface area contributed by atoms with E-state index < -0.39 is 0 Å². The molecule has 0 amide bonds. The van der Waals surface area contributed by atoms with Crippen molar-refractivity contribution in [2.45, 2.75) is 40.0 Å². The van der Waals surface area contributed by atoms with Crippen LogP contribution < -0.4 is 4.74 Å². The van der Waals surface area contributed by atoms with Crippen molar-refractivity contribution in [2.75, 3.05) is 26.2 Å². The Labute approximate surface area is 122 Å². The third-order valence-electron chi connectivity index (χ3n) is 3.44. The van der Waals surface area contributed by atoms with Gasteiger partial charge in [-0.3, -0.25) is 4.79 Å². The Bertz CT molecular complexity index is 382. The number of carbonyl (C=O) groups is 1. The van der Waals surface area contributed by atoms with Gasteiger partial charge < -0.3 is 9.64 Å². The van der Waals surface area contributed by atoms with E-state index in [1.165, 1.54) is 0 Å². The molecule has 20 heavy (non-hydrogen) atoms. The van der Waals surface area contributed by atoms with E-state index in [-0.39, 0.29) is 5.78 Å². The Morgan fingerprint density at radius 1 is 1.10 bits per heavy atom. The third kappa shape index (κ3) is 5.74. The lowest BCUT2D eigenvalue weighted by atomic mass is 10.1. The van der Waals surface area contributed by atoms with Crippen LogP contribution in [-0.4, -0.2) is 36.9 Å². The predicted octanol–water partition coefficient (Wildman–Crippen LogP) is 3.78. The van der Waals surface area contributed by atoms with Gasteiger partial charge in [-0.25, -0.2) is 0 Å². The van der Waals surface area contributed by atoms with Crippen LogP contribution in [0.3, 0.4) is 0 Å². The topological polar surface area (TPSA) is 29.5 Å². The number of carbonyl (C=O) groups excluding carboxylic acids is 1. The molecule has 0 radical (unpaired) electrons. The summed E-state index contributed by atoms with van der Waals surface area (Å²) in [6.45, 7) is 10.3. The maximum absolute atomic E-state index is 11.7. The number of Topliss-reactive ketones (excluding diaryl/α,β-unsaturated/α-hetero) is 1. The summed E-state index contributed by atoms with van der Waals surface area (Å²) in [5.41, 5.74) is 0.780. The fourth-order valence-electron chi connectivity index (χ4n) is 2.13. The average molecular weight is 277 g/mol. The summed E-state index contributed by atoms with van der Waals surface area (Å²) in [5.74, 6) is 1.05. The summed E-state index contributed by atoms with van der Waals surface area (Å²) in [5, 5.41) is 0. The fourth-order valence-corrected chi connectivity index (χ4v) is 2.13. The molecule has 3 heteroatoms. The molecule has 0 atom stereocenters. The lowest BCUT2D eigenvalue weighted by molar-refractivity contribution is 0.0981. The first-order chi connectivity index (χ1) is 9.71. The van der Waals surface area contributed by atoms with E-state index >= 15 is 0 Å². The molecule has 0 aliphatic heterocycles. The van der Waals surface area contributed by atoms with Crippen LogP contribution >= 0.6 is 0 Å². The number of hydrogen-bond acceptors (Lipinski definition) is 3. The van der Waals surface area contributed by atoms with Crippen molar-refractivity contribution in [3.8, 4) is 5.75 Å². The van der Waals surface area contributed by atoms with E-state index in [4.69, 9.17) is 4.74 Å². The van der Waals surface area contributed by atoms with Crippen molar-refractivity contribution < 1.29 is 9.53 Å². The molecular formula is C17H27NO2. The monoisotopic (exact) mass is 277 g/mol. The Morgan fingerprint density at radius 2 is 1.75 bits per heavy atom. The lowest BCUT2D eigenvalue weighted by Crippen LogP contribution is -2.25. The molecule has 0 saturated heterocycles. The molecule has 3 nitrogen and oxygen atoms in total. The van der Waals surface area contributed by atoms with Crippen LogP contribution in [0.2, 0.25) is 0 Å². The van der Waals surface area contributed by atoms with Gasteiger partial charge in [0.25, 0.3) is 0 Å². The van der Waals surface area contributed by atoms with Crippen molar-refractivity contribution in [1.29, 1.82) is 0 Å². The second-order valence-electron chi connectivity index (χ2n) is 4.93. The van der Waals surface area contributed by atoms with E-state index in [0.717, 1.165) is 50.4 Å². The highest BCUT2D eigenvalue weighted by Gasteiger charge is 2.04. The molecule has 0 N–H and O–H groups in total. The molecule has 0 aliphatic carbocycles. The van der Waals surface area contributed by atoms with Gasteiger partial charge in [0.15, 0.2) is 5.78 Å². The molecule has 112 valence electrons. The average Bonchev–Trinajstić information content (AvgIpc) is 2.48. The number of hydrogen-bond donors (Lipinski definition) is 0. The summed E-state index contributed by atoms with van der Waals surface area (Å²) < 4.78 is 5.70. The van der Waals surface area contributed by atoms with Crippen LogP contribution in [0, 0.1) is 0 Å². The van der Waals surface area contributed by atoms with Crippen LogP contribution in [0.4, 0.5) is 0 Å². The van der Waals surface area contributed by atoms with Gasteiger partial charge in [0.05, 0.1) is 6.61 Å². The number of benzene rings is 1. The second-order valence-corrected chi connectivity index (χ2v) is 4.93. The van der Waals surface area contributed by atoms with Crippen LogP contribution in [0.5, 0.6) is 5.75 Å². The molecule has 0 saturated carbocycles. The highest BCUT2D eigenvalue weighted by Crippen LogP contribution is 2.14. The largest absolute Gasteiger partial charge is 0.494 e. The fraction of sp³-hybridized carbons (Fsp3) is 0.588. The molecule has 1 aromatic rings. The zero-order valence-electron chi connectivity index (χ0n) is 13.0. The van der Waals surface area contributed by atoms with Crippen molar-refractivity contribution >= 4 is 5.78 Å². The molecule has 0 bridgehead atoms. The number of ketones is 1. The standard InChI is InChI=1S/C17H27NO2/c1-4-8-17(19)15-9-11-16(12-10-15)20-14-7-13-18(5-2)6-3/h9-12H,4-8,13-14H2,1-3H3. The van der Waals surface area contributed by atoms with Gasteiger partial charge in [-0.15, -0.1) is 0 Å². The van der Waals surface area contributed by atoms with Gasteiger partial charge in [0, 0.05) is 18.5 Å². The van der Waals surface area contributed by atoms with E-state index in [2.05, 4.69) is 18.7 Å². The molecule has 0 unspecified atom stereocenters. The van der Waals surface area contributed by atoms with E-state index in [1.54, 1.807) is 0 Å². The quantitative estimate of drug-likeness (QED) is 0.481. The molecule has 1 rings (SSSR count). The maximum atomic E-state index is 11.7. The molecule has 0 fully saturated rings. The van der Waals surface area contributed by atoms with Gasteiger partial charge >= 0.3 is 0 Å². The van der Waals surface area contributed by atoms with Gasteiger partial charge in [0.2, 0.25) is 0 Å². The van der Waals surface area contributed by atoms with Crippen LogP contribution in [0.25, 0.3) is 0 Å². The molecule has 1 aromatic carbocycles. The zero-order valence-corrected chi connectivity index (χ0v) is 13.0. The smallest absolute Gasteiger partial charge is 0.162 e. The Hall–Kier alpha value is -1.35. The van der Waals surface area contributed by atoms with Gasteiger partial charge in [-0.05, 0) is 50.2 Å². The van der Waals surface area contributed by atoms with Gasteiger partial charge in [-0.1, -0.05) is 20.8 Å². The normalized spacial score (nSPS) is 10.8. The Morgan fingerprint density at radius 3 is 2.30 bits per heavy atom. The second kappa shape index (κ2) is 9.54. The van der Waals surface area contributed by atoms with Crippen molar-refractivity contribution in [3.05, 3.63) is 29.8 Å². The first kappa shape index (κ1) is 16.7. The van der Waals surface area contributed by atoms with Gasteiger partial charge in [-0.2, -0.15) is 0 Å². The van der Waals surface area contributed by atoms with E-state index in [1.807, 2.05) is 31.2 Å². The van der Waals surface area contributed by atoms with E-state index in [9.17, 15) is 4.79 Å². The minimum Gasteiger partial charge on any atom is -0.494 e. The van der Waals surface area contributed by atoms with E-state index in [0.29, 0.717) is 6.42 Å². The molecule has 0 heterocycles. The summed E-state index contributed by atoms with van der Waals surface area (Å²) >= 11 is 0. The van der Waals surface area contributed by atoms with Crippen LogP contribution in [0.1, 0.15) is 50.4 Å². The minimum absolute atomic E-state index is 0.209. The van der Waals surface area contributed by atoms with Crippen molar-refractivity contribution in [3.63, 3.8) is 0 Å². The molecular weight excluding hydrogens is 250 g/mol. The van der Waals surface area contributed by atoms with Crippen molar-refractivity contribution in [1.82, 2.24) is 4.90 Å². The molecule has 0 spiro atoms. The number of nitrogens with zero attached hydrogens (tertiary/aromatic N) is 1. The summed E-state index contributed by atoms with van der Waals surface area (Å²) in [6.07, 6.45) is 2.53. The van der Waals surface area contributed by atoms with Crippen LogP contribution in [-0.2, 0) is 0 Å². The first-order valence-corrected chi connectivity index (χ1v) is 7.69. The maximum Gasteiger partial charge on any atom is 0.162 e. The van der Waals surface area contributed by atoms with Crippen molar-refractivity contribution in [2.24, 2.45) is 0 Å². The predicted molar refractivity (Wildman–Crippen MR) is 83.6 cm³/mol. The SMILES string of the molecule is CCCC(=O)c1ccc(OCCCN(CC)CC)cc1. The minimum atomic E-state index is 0.209. The summed E-state index contributed by atoms with van der Waals surface area (Å²) in [7, 11) is 0. The highest BCUT2D eigenvalue weighted by atomic mass is 16.5. The summed E-state index contributed by atoms with van der Waals surface area (Å²) in [6, 6.07) is 7.50. The Balaban J connectivity index is 2.33. The molecule has 0 aliphatic rings. The highest BCUT2D eigenvalue weighted by molar-refractivity contribution is 5.96. The Kier molecular flexibility index (Phi) is 7.97. The molecule has 0 aromatic heterocycles. The first-order valence-electron chi connectivity index (χ1n) is 7.69. The zero-order chi connectivity index (χ0) is 14.8. The van der Waals surface area contributed by atoms with Crippen LogP contribution in [0.15, 0.2) is 24.3 Å². The number of rotatable bonds is 10. The summed E-state index contributed by atoms with van der Waals surface area (Å²) in [4.78, 5) is 14.1. The lowest BCUT2D eigenvalue weighted by Gasteiger charge is -2.17. The third-order valence-corrected chi connectivity index (χ3v) is 3.44.